The fourth-order valence-electron chi connectivity index (χ4n) is 2.40. The minimum atomic E-state index is -1.000. The number of aromatic carboxylic acids is 1. The average Bonchev–Trinajstić information content (AvgIpc) is 2.84. The summed E-state index contributed by atoms with van der Waals surface area (Å²) in [5.74, 6) is -1.000. The van der Waals surface area contributed by atoms with E-state index in [4.69, 9.17) is 5.11 Å². The molecule has 0 atom stereocenters. The van der Waals surface area contributed by atoms with Crippen LogP contribution < -0.4 is 0 Å². The second kappa shape index (κ2) is 4.81. The Bertz CT molecular complexity index is 790. The van der Waals surface area contributed by atoms with Gasteiger partial charge >= 0.3 is 5.97 Å². The quantitative estimate of drug-likeness (QED) is 0.792. The van der Waals surface area contributed by atoms with E-state index in [9.17, 15) is 4.79 Å². The molecule has 0 unspecified atom stereocenters. The molecule has 2 heterocycles. The summed E-state index contributed by atoms with van der Waals surface area (Å²) < 4.78 is 2.11. The van der Waals surface area contributed by atoms with Crippen LogP contribution in [0.25, 0.3) is 10.9 Å². The Hall–Kier alpha value is -2.62. The first-order valence-electron chi connectivity index (χ1n) is 6.38. The third kappa shape index (κ3) is 2.16. The van der Waals surface area contributed by atoms with Gasteiger partial charge in [0.2, 0.25) is 0 Å². The van der Waals surface area contributed by atoms with E-state index in [1.165, 1.54) is 17.1 Å². The number of hydrogen-bond donors (Lipinski definition) is 1. The molecule has 3 aromatic rings. The predicted molar refractivity (Wildman–Crippen MR) is 77.0 cm³/mol. The molecule has 0 bridgehead atoms. The number of fused-ring (bicyclic) bond motifs is 1. The molecule has 0 saturated carbocycles. The highest BCUT2D eigenvalue weighted by Gasteiger charge is 2.07. The number of hydrogen-bond acceptors (Lipinski definition) is 2. The van der Waals surface area contributed by atoms with E-state index in [2.05, 4.69) is 34.7 Å². The molecular formula is C16H14N2O2. The normalized spacial score (nSPS) is 10.8. The number of carboxylic acid groups (broad SMARTS) is 1. The summed E-state index contributed by atoms with van der Waals surface area (Å²) in [6.45, 7) is 2.72. The van der Waals surface area contributed by atoms with Gasteiger partial charge in [0.05, 0.1) is 0 Å². The van der Waals surface area contributed by atoms with E-state index in [0.717, 1.165) is 11.1 Å². The van der Waals surface area contributed by atoms with Gasteiger partial charge in [-0.3, -0.25) is 0 Å². The van der Waals surface area contributed by atoms with Crippen LogP contribution in [0, 0.1) is 6.92 Å². The molecule has 4 nitrogen and oxygen atoms in total. The Kier molecular flexibility index (Phi) is 2.99. The SMILES string of the molecule is Cc1cccc2c1ccn2Cc1ccnc(C(=O)O)c1. The number of aryl methyl sites for hydroxylation is 1. The third-order valence-corrected chi connectivity index (χ3v) is 3.43. The summed E-state index contributed by atoms with van der Waals surface area (Å²) in [6, 6.07) is 11.7. The summed E-state index contributed by atoms with van der Waals surface area (Å²) in [5, 5.41) is 10.2. The lowest BCUT2D eigenvalue weighted by Crippen LogP contribution is -2.03. The van der Waals surface area contributed by atoms with Crippen molar-refractivity contribution in [2.24, 2.45) is 0 Å². The van der Waals surface area contributed by atoms with Gasteiger partial charge in [-0.05, 0) is 42.3 Å². The van der Waals surface area contributed by atoms with Crippen LogP contribution in [0.2, 0.25) is 0 Å². The molecule has 0 aliphatic heterocycles. The molecule has 1 N–H and O–H groups in total. The van der Waals surface area contributed by atoms with Crippen molar-refractivity contribution in [1.82, 2.24) is 9.55 Å². The van der Waals surface area contributed by atoms with Gasteiger partial charge in [-0.2, -0.15) is 0 Å². The Labute approximate surface area is 116 Å². The van der Waals surface area contributed by atoms with Crippen LogP contribution in [0.1, 0.15) is 21.6 Å². The summed E-state index contributed by atoms with van der Waals surface area (Å²) >= 11 is 0. The van der Waals surface area contributed by atoms with Gasteiger partial charge in [-0.15, -0.1) is 0 Å². The minimum absolute atomic E-state index is 0.0788. The Morgan fingerprint density at radius 1 is 1.30 bits per heavy atom. The van der Waals surface area contributed by atoms with Crippen LogP contribution in [-0.2, 0) is 6.54 Å². The van der Waals surface area contributed by atoms with Crippen LogP contribution >= 0.6 is 0 Å². The molecule has 4 heteroatoms. The van der Waals surface area contributed by atoms with Gasteiger partial charge in [0.15, 0.2) is 0 Å². The lowest BCUT2D eigenvalue weighted by Gasteiger charge is -2.07. The van der Waals surface area contributed by atoms with Crippen LogP contribution in [-0.4, -0.2) is 20.6 Å². The summed E-state index contributed by atoms with van der Waals surface area (Å²) in [5.41, 5.74) is 3.40. The van der Waals surface area contributed by atoms with E-state index in [1.54, 1.807) is 6.07 Å². The zero-order valence-corrected chi connectivity index (χ0v) is 11.1. The van der Waals surface area contributed by atoms with Crippen molar-refractivity contribution in [1.29, 1.82) is 0 Å². The molecule has 0 aliphatic carbocycles. The van der Waals surface area contributed by atoms with Crippen LogP contribution in [0.5, 0.6) is 0 Å². The lowest BCUT2D eigenvalue weighted by molar-refractivity contribution is 0.0690. The second-order valence-corrected chi connectivity index (χ2v) is 4.81. The Morgan fingerprint density at radius 3 is 2.95 bits per heavy atom. The fourth-order valence-corrected chi connectivity index (χ4v) is 2.40. The van der Waals surface area contributed by atoms with E-state index < -0.39 is 5.97 Å². The highest BCUT2D eigenvalue weighted by Crippen LogP contribution is 2.20. The topological polar surface area (TPSA) is 55.1 Å². The van der Waals surface area contributed by atoms with Crippen molar-refractivity contribution < 1.29 is 9.90 Å². The molecule has 0 amide bonds. The number of nitrogens with zero attached hydrogens (tertiary/aromatic N) is 2. The summed E-state index contributed by atoms with van der Waals surface area (Å²) in [6.07, 6.45) is 3.56. The summed E-state index contributed by atoms with van der Waals surface area (Å²) in [7, 11) is 0. The summed E-state index contributed by atoms with van der Waals surface area (Å²) in [4.78, 5) is 14.8. The number of carboxylic acids is 1. The fraction of sp³-hybridized carbons (Fsp3) is 0.125. The van der Waals surface area contributed by atoms with E-state index >= 15 is 0 Å². The maximum absolute atomic E-state index is 10.9. The van der Waals surface area contributed by atoms with Crippen LogP contribution in [0.4, 0.5) is 0 Å². The zero-order chi connectivity index (χ0) is 14.1. The number of benzene rings is 1. The maximum atomic E-state index is 10.9. The molecule has 0 spiro atoms. The van der Waals surface area contributed by atoms with Crippen molar-refractivity contribution >= 4 is 16.9 Å². The van der Waals surface area contributed by atoms with E-state index in [1.807, 2.05) is 18.3 Å². The largest absolute Gasteiger partial charge is 0.477 e. The second-order valence-electron chi connectivity index (χ2n) is 4.81. The van der Waals surface area contributed by atoms with Gasteiger partial charge < -0.3 is 9.67 Å². The molecule has 0 aliphatic rings. The van der Waals surface area contributed by atoms with Crippen molar-refractivity contribution in [3.05, 3.63) is 65.6 Å². The van der Waals surface area contributed by atoms with Gasteiger partial charge in [-0.1, -0.05) is 12.1 Å². The monoisotopic (exact) mass is 266 g/mol. The minimum Gasteiger partial charge on any atom is -0.477 e. The molecule has 0 fully saturated rings. The number of carbonyl (C=O) groups is 1. The Balaban J connectivity index is 1.99. The first-order chi connectivity index (χ1) is 9.65. The van der Waals surface area contributed by atoms with Gasteiger partial charge in [0.25, 0.3) is 0 Å². The van der Waals surface area contributed by atoms with Crippen molar-refractivity contribution in [3.63, 3.8) is 0 Å². The molecule has 0 radical (unpaired) electrons. The highest BCUT2D eigenvalue weighted by molar-refractivity contribution is 5.85. The van der Waals surface area contributed by atoms with Gasteiger partial charge in [-0.25, -0.2) is 9.78 Å². The molecule has 1 aromatic carbocycles. The molecule has 2 aromatic heterocycles. The maximum Gasteiger partial charge on any atom is 0.354 e. The van der Waals surface area contributed by atoms with Crippen LogP contribution in [0.3, 0.4) is 0 Å². The first kappa shape index (κ1) is 12.4. The first-order valence-corrected chi connectivity index (χ1v) is 6.38. The smallest absolute Gasteiger partial charge is 0.354 e. The Morgan fingerprint density at radius 2 is 2.15 bits per heavy atom. The van der Waals surface area contributed by atoms with E-state index in [0.29, 0.717) is 6.54 Å². The zero-order valence-electron chi connectivity index (χ0n) is 11.1. The number of aromatic nitrogens is 2. The van der Waals surface area contributed by atoms with Gasteiger partial charge in [0, 0.05) is 29.8 Å². The third-order valence-electron chi connectivity index (χ3n) is 3.43. The van der Waals surface area contributed by atoms with Crippen molar-refractivity contribution in [3.8, 4) is 0 Å². The van der Waals surface area contributed by atoms with Gasteiger partial charge in [0.1, 0.15) is 5.69 Å². The molecule has 100 valence electrons. The van der Waals surface area contributed by atoms with Crippen LogP contribution in [0.15, 0.2) is 48.8 Å². The molecule has 0 saturated heterocycles. The predicted octanol–water partition coefficient (Wildman–Crippen LogP) is 3.09. The lowest BCUT2D eigenvalue weighted by atomic mass is 10.1. The van der Waals surface area contributed by atoms with E-state index in [-0.39, 0.29) is 5.69 Å². The average molecular weight is 266 g/mol. The number of pyridine rings is 1. The molecule has 20 heavy (non-hydrogen) atoms. The van der Waals surface area contributed by atoms with Crippen molar-refractivity contribution in [2.45, 2.75) is 13.5 Å². The molecule has 3 rings (SSSR count). The van der Waals surface area contributed by atoms with Crippen molar-refractivity contribution in [2.75, 3.05) is 0 Å². The molecular weight excluding hydrogens is 252 g/mol. The standard InChI is InChI=1S/C16H14N2O2/c1-11-3-2-4-15-13(11)6-8-18(15)10-12-5-7-17-14(9-12)16(19)20/h2-9H,10H2,1H3,(H,19,20). The number of rotatable bonds is 3. The highest BCUT2D eigenvalue weighted by atomic mass is 16.4.